The average molecular weight is 208 g/mol. The lowest BCUT2D eigenvalue weighted by Gasteiger charge is -2.22. The van der Waals surface area contributed by atoms with Gasteiger partial charge in [0.25, 0.3) is 0 Å². The minimum atomic E-state index is -0.259. The number of nitrogens with two attached hydrogens (primary N) is 1. The standard InChI is InChI=1S/C12H13N.ClH/c1-2-8-12(13)9-7-10-5-3-4-6-11(10)12;/h1,3-6H,7-9,13H2;1H. The molecule has 2 rings (SSSR count). The lowest BCUT2D eigenvalue weighted by Crippen LogP contribution is -2.33. The molecule has 2 heteroatoms. The number of terminal acetylenes is 1. The van der Waals surface area contributed by atoms with Gasteiger partial charge in [-0.15, -0.1) is 24.8 Å². The molecule has 0 saturated carbocycles. The number of hydrogen-bond donors (Lipinski definition) is 1. The van der Waals surface area contributed by atoms with Gasteiger partial charge in [0, 0.05) is 6.42 Å². The van der Waals surface area contributed by atoms with Gasteiger partial charge in [-0.25, -0.2) is 0 Å². The fourth-order valence-electron chi connectivity index (χ4n) is 2.08. The minimum Gasteiger partial charge on any atom is -0.321 e. The molecule has 0 aliphatic heterocycles. The molecule has 1 aromatic rings. The van der Waals surface area contributed by atoms with Crippen molar-refractivity contribution in [1.29, 1.82) is 0 Å². The second-order valence-corrected chi connectivity index (χ2v) is 3.69. The normalized spacial score (nSPS) is 23.4. The molecule has 0 amide bonds. The van der Waals surface area contributed by atoms with Gasteiger partial charge in [0.05, 0.1) is 5.54 Å². The Balaban J connectivity index is 0.000000980. The predicted molar refractivity (Wildman–Crippen MR) is 61.3 cm³/mol. The highest BCUT2D eigenvalue weighted by atomic mass is 35.5. The fourth-order valence-corrected chi connectivity index (χ4v) is 2.08. The topological polar surface area (TPSA) is 26.0 Å². The van der Waals surface area contributed by atoms with Gasteiger partial charge in [-0.2, -0.15) is 0 Å². The molecule has 0 spiro atoms. The summed E-state index contributed by atoms with van der Waals surface area (Å²) in [5.41, 5.74) is 8.58. The van der Waals surface area contributed by atoms with Crippen molar-refractivity contribution < 1.29 is 0 Å². The number of aryl methyl sites for hydroxylation is 1. The van der Waals surface area contributed by atoms with E-state index in [0.717, 1.165) is 12.8 Å². The maximum atomic E-state index is 6.24. The van der Waals surface area contributed by atoms with Crippen molar-refractivity contribution in [2.24, 2.45) is 5.73 Å². The third kappa shape index (κ3) is 1.64. The summed E-state index contributed by atoms with van der Waals surface area (Å²) in [5, 5.41) is 0. The van der Waals surface area contributed by atoms with Gasteiger partial charge in [0.1, 0.15) is 0 Å². The zero-order chi connectivity index (χ0) is 9.31. The van der Waals surface area contributed by atoms with Crippen molar-refractivity contribution in [3.05, 3.63) is 35.4 Å². The molecule has 0 saturated heterocycles. The van der Waals surface area contributed by atoms with Gasteiger partial charge < -0.3 is 5.73 Å². The summed E-state index contributed by atoms with van der Waals surface area (Å²) < 4.78 is 0. The van der Waals surface area contributed by atoms with E-state index in [4.69, 9.17) is 12.2 Å². The van der Waals surface area contributed by atoms with Crippen molar-refractivity contribution in [3.8, 4) is 12.3 Å². The second kappa shape index (κ2) is 4.04. The van der Waals surface area contributed by atoms with Crippen LogP contribution in [0.4, 0.5) is 0 Å². The van der Waals surface area contributed by atoms with E-state index >= 15 is 0 Å². The van der Waals surface area contributed by atoms with E-state index in [1.54, 1.807) is 0 Å². The van der Waals surface area contributed by atoms with Crippen LogP contribution in [0, 0.1) is 12.3 Å². The van der Waals surface area contributed by atoms with Crippen LogP contribution in [0.3, 0.4) is 0 Å². The second-order valence-electron chi connectivity index (χ2n) is 3.69. The summed E-state index contributed by atoms with van der Waals surface area (Å²) in [7, 11) is 0. The summed E-state index contributed by atoms with van der Waals surface area (Å²) in [6.07, 6.45) is 8.01. The number of hydrogen-bond acceptors (Lipinski definition) is 1. The molecule has 2 N–H and O–H groups in total. The molecule has 1 aromatic carbocycles. The van der Waals surface area contributed by atoms with E-state index in [-0.39, 0.29) is 17.9 Å². The first-order chi connectivity index (χ1) is 6.26. The van der Waals surface area contributed by atoms with Gasteiger partial charge in [-0.05, 0) is 24.0 Å². The monoisotopic (exact) mass is 207 g/mol. The molecule has 74 valence electrons. The molecule has 0 bridgehead atoms. The maximum Gasteiger partial charge on any atom is 0.0526 e. The van der Waals surface area contributed by atoms with Crippen molar-refractivity contribution in [1.82, 2.24) is 0 Å². The molecule has 1 nitrogen and oxygen atoms in total. The van der Waals surface area contributed by atoms with Gasteiger partial charge in [0.2, 0.25) is 0 Å². The van der Waals surface area contributed by atoms with Crippen LogP contribution >= 0.6 is 12.4 Å². The third-order valence-corrected chi connectivity index (χ3v) is 2.81. The van der Waals surface area contributed by atoms with Crippen LogP contribution in [0.1, 0.15) is 24.0 Å². The summed E-state index contributed by atoms with van der Waals surface area (Å²) in [4.78, 5) is 0. The molecule has 0 heterocycles. The van der Waals surface area contributed by atoms with E-state index in [9.17, 15) is 0 Å². The Kier molecular flexibility index (Phi) is 3.21. The molecule has 1 aliphatic carbocycles. The lowest BCUT2D eigenvalue weighted by atomic mass is 9.90. The summed E-state index contributed by atoms with van der Waals surface area (Å²) in [6, 6.07) is 8.32. The van der Waals surface area contributed by atoms with E-state index in [1.807, 2.05) is 6.07 Å². The fraction of sp³-hybridized carbons (Fsp3) is 0.333. The predicted octanol–water partition coefficient (Wildman–Crippen LogP) is 2.23. The average Bonchev–Trinajstić information content (AvgIpc) is 2.46. The Morgan fingerprint density at radius 2 is 2.14 bits per heavy atom. The van der Waals surface area contributed by atoms with Crippen molar-refractivity contribution in [3.63, 3.8) is 0 Å². The molecule has 14 heavy (non-hydrogen) atoms. The molecule has 1 unspecified atom stereocenters. The van der Waals surface area contributed by atoms with E-state index in [1.165, 1.54) is 11.1 Å². The zero-order valence-corrected chi connectivity index (χ0v) is 8.81. The van der Waals surface area contributed by atoms with E-state index in [0.29, 0.717) is 6.42 Å². The maximum absolute atomic E-state index is 6.24. The summed E-state index contributed by atoms with van der Waals surface area (Å²) >= 11 is 0. The van der Waals surface area contributed by atoms with Crippen LogP contribution in [0.15, 0.2) is 24.3 Å². The number of rotatable bonds is 1. The van der Waals surface area contributed by atoms with Crippen molar-refractivity contribution >= 4 is 12.4 Å². The van der Waals surface area contributed by atoms with Crippen LogP contribution in [-0.2, 0) is 12.0 Å². The quantitative estimate of drug-likeness (QED) is 0.703. The van der Waals surface area contributed by atoms with Crippen molar-refractivity contribution in [2.45, 2.75) is 24.8 Å². The molecule has 0 radical (unpaired) electrons. The van der Waals surface area contributed by atoms with Crippen LogP contribution < -0.4 is 5.73 Å². The highest BCUT2D eigenvalue weighted by Gasteiger charge is 2.33. The van der Waals surface area contributed by atoms with Gasteiger partial charge in [-0.1, -0.05) is 24.3 Å². The molecule has 1 aliphatic rings. The largest absolute Gasteiger partial charge is 0.321 e. The smallest absolute Gasteiger partial charge is 0.0526 e. The number of halogens is 1. The lowest BCUT2D eigenvalue weighted by molar-refractivity contribution is 0.454. The van der Waals surface area contributed by atoms with Crippen LogP contribution in [-0.4, -0.2) is 0 Å². The highest BCUT2D eigenvalue weighted by Crippen LogP contribution is 2.36. The SMILES string of the molecule is C#CCC1(N)CCc2ccccc21.Cl. The Morgan fingerprint density at radius 3 is 2.86 bits per heavy atom. The van der Waals surface area contributed by atoms with Crippen LogP contribution in [0.25, 0.3) is 0 Å². The third-order valence-electron chi connectivity index (χ3n) is 2.81. The minimum absolute atomic E-state index is 0. The molecule has 0 fully saturated rings. The Hall–Kier alpha value is -0.970. The zero-order valence-electron chi connectivity index (χ0n) is 7.99. The van der Waals surface area contributed by atoms with Crippen LogP contribution in [0.2, 0.25) is 0 Å². The van der Waals surface area contributed by atoms with Gasteiger partial charge in [-0.3, -0.25) is 0 Å². The summed E-state index contributed by atoms with van der Waals surface area (Å²) in [5.74, 6) is 2.67. The van der Waals surface area contributed by atoms with E-state index < -0.39 is 0 Å². The van der Waals surface area contributed by atoms with Gasteiger partial charge >= 0.3 is 0 Å². The Morgan fingerprint density at radius 1 is 1.43 bits per heavy atom. The Bertz CT molecular complexity index is 367. The van der Waals surface area contributed by atoms with Gasteiger partial charge in [0.15, 0.2) is 0 Å². The molecular weight excluding hydrogens is 194 g/mol. The van der Waals surface area contributed by atoms with E-state index in [2.05, 4.69) is 24.1 Å². The van der Waals surface area contributed by atoms with Crippen LogP contribution in [0.5, 0.6) is 0 Å². The summed E-state index contributed by atoms with van der Waals surface area (Å²) in [6.45, 7) is 0. The number of fused-ring (bicyclic) bond motifs is 1. The first-order valence-corrected chi connectivity index (χ1v) is 4.57. The molecular formula is C12H14ClN. The Labute approximate surface area is 91.1 Å². The number of benzene rings is 1. The van der Waals surface area contributed by atoms with Crippen molar-refractivity contribution in [2.75, 3.05) is 0 Å². The molecule has 1 atom stereocenters. The first-order valence-electron chi connectivity index (χ1n) is 4.57. The first kappa shape index (κ1) is 11.1. The molecule has 0 aromatic heterocycles. The highest BCUT2D eigenvalue weighted by molar-refractivity contribution is 5.85.